The Bertz CT molecular complexity index is 558. The fraction of sp³-hybridized carbons (Fsp3) is 0.385. The standard InChI is InChI=1S/C13H14IN3O2/c14-13-12(9-4-2-1-3-5-9)15-16-17(13)11-7-6-10(8-18)19-11/h1-5,10-11,18H,6-8H2/t10-,11+/m0/s1. The summed E-state index contributed by atoms with van der Waals surface area (Å²) in [5.41, 5.74) is 1.92. The van der Waals surface area contributed by atoms with E-state index < -0.39 is 0 Å². The van der Waals surface area contributed by atoms with E-state index in [1.165, 1.54) is 0 Å². The smallest absolute Gasteiger partial charge is 0.153 e. The zero-order valence-electron chi connectivity index (χ0n) is 10.2. The van der Waals surface area contributed by atoms with Crippen LogP contribution in [0.1, 0.15) is 19.1 Å². The van der Waals surface area contributed by atoms with Gasteiger partial charge in [-0.3, -0.25) is 0 Å². The molecule has 1 aromatic heterocycles. The average molecular weight is 371 g/mol. The molecule has 0 bridgehead atoms. The van der Waals surface area contributed by atoms with Crippen LogP contribution in [0.4, 0.5) is 0 Å². The van der Waals surface area contributed by atoms with Gasteiger partial charge >= 0.3 is 0 Å². The molecule has 2 atom stereocenters. The number of aromatic nitrogens is 3. The van der Waals surface area contributed by atoms with Crippen molar-refractivity contribution in [1.29, 1.82) is 0 Å². The van der Waals surface area contributed by atoms with Crippen LogP contribution in [0.5, 0.6) is 0 Å². The third kappa shape index (κ3) is 2.52. The minimum absolute atomic E-state index is 0.0628. The van der Waals surface area contributed by atoms with Crippen LogP contribution in [0.3, 0.4) is 0 Å². The predicted octanol–water partition coefficient (Wildman–Crippen LogP) is 2.22. The van der Waals surface area contributed by atoms with Gasteiger partial charge in [-0.15, -0.1) is 5.10 Å². The first-order valence-electron chi connectivity index (χ1n) is 6.22. The number of hydrogen-bond acceptors (Lipinski definition) is 4. The van der Waals surface area contributed by atoms with Gasteiger partial charge in [-0.05, 0) is 35.4 Å². The SMILES string of the molecule is OC[C@@H]1CC[C@H](n2nnc(-c3ccccc3)c2I)O1. The lowest BCUT2D eigenvalue weighted by atomic mass is 10.2. The van der Waals surface area contributed by atoms with Gasteiger partial charge in [-0.25, -0.2) is 4.68 Å². The lowest BCUT2D eigenvalue weighted by Gasteiger charge is -2.12. The first-order chi connectivity index (χ1) is 9.29. The molecule has 0 saturated carbocycles. The number of ether oxygens (including phenoxy) is 1. The molecule has 0 amide bonds. The van der Waals surface area contributed by atoms with Crippen molar-refractivity contribution in [3.05, 3.63) is 34.0 Å². The molecular formula is C13H14IN3O2. The van der Waals surface area contributed by atoms with Crippen LogP contribution in [0.15, 0.2) is 30.3 Å². The van der Waals surface area contributed by atoms with Crippen LogP contribution in [-0.2, 0) is 4.74 Å². The molecule has 19 heavy (non-hydrogen) atoms. The quantitative estimate of drug-likeness (QED) is 0.841. The van der Waals surface area contributed by atoms with Crippen molar-refractivity contribution in [3.8, 4) is 11.3 Å². The molecule has 1 N–H and O–H groups in total. The monoisotopic (exact) mass is 371 g/mol. The Morgan fingerprint density at radius 2 is 2.11 bits per heavy atom. The van der Waals surface area contributed by atoms with E-state index in [1.807, 2.05) is 30.3 Å². The van der Waals surface area contributed by atoms with E-state index in [0.29, 0.717) is 0 Å². The molecule has 1 saturated heterocycles. The largest absolute Gasteiger partial charge is 0.394 e. The van der Waals surface area contributed by atoms with E-state index in [-0.39, 0.29) is 18.9 Å². The van der Waals surface area contributed by atoms with E-state index in [0.717, 1.165) is 27.8 Å². The molecule has 2 heterocycles. The summed E-state index contributed by atoms with van der Waals surface area (Å²) in [5, 5.41) is 17.6. The van der Waals surface area contributed by atoms with Crippen molar-refractivity contribution in [2.75, 3.05) is 6.61 Å². The molecular weight excluding hydrogens is 357 g/mol. The van der Waals surface area contributed by atoms with Gasteiger partial charge in [0.1, 0.15) is 9.39 Å². The van der Waals surface area contributed by atoms with Crippen molar-refractivity contribution in [2.24, 2.45) is 0 Å². The average Bonchev–Trinajstić information content (AvgIpc) is 3.06. The summed E-state index contributed by atoms with van der Waals surface area (Å²) in [4.78, 5) is 0. The van der Waals surface area contributed by atoms with Crippen molar-refractivity contribution < 1.29 is 9.84 Å². The summed E-state index contributed by atoms with van der Waals surface area (Å²) < 4.78 is 8.50. The number of aliphatic hydroxyl groups is 1. The van der Waals surface area contributed by atoms with E-state index in [2.05, 4.69) is 32.9 Å². The van der Waals surface area contributed by atoms with Gasteiger partial charge in [0.25, 0.3) is 0 Å². The Hall–Kier alpha value is -0.990. The fourth-order valence-electron chi connectivity index (χ4n) is 2.24. The van der Waals surface area contributed by atoms with Gasteiger partial charge in [-0.1, -0.05) is 35.5 Å². The maximum atomic E-state index is 9.11. The normalized spacial score (nSPS) is 22.8. The predicted molar refractivity (Wildman–Crippen MR) is 78.4 cm³/mol. The topological polar surface area (TPSA) is 60.2 Å². The van der Waals surface area contributed by atoms with E-state index in [4.69, 9.17) is 9.84 Å². The number of hydrogen-bond donors (Lipinski definition) is 1. The van der Waals surface area contributed by atoms with Crippen molar-refractivity contribution in [3.63, 3.8) is 0 Å². The van der Waals surface area contributed by atoms with Crippen LogP contribution < -0.4 is 0 Å². The number of benzene rings is 1. The Balaban J connectivity index is 1.88. The summed E-state index contributed by atoms with van der Waals surface area (Å²) in [7, 11) is 0. The first-order valence-corrected chi connectivity index (χ1v) is 7.30. The van der Waals surface area contributed by atoms with E-state index in [1.54, 1.807) is 4.68 Å². The maximum Gasteiger partial charge on any atom is 0.153 e. The molecule has 5 nitrogen and oxygen atoms in total. The van der Waals surface area contributed by atoms with Crippen LogP contribution in [0, 0.1) is 3.70 Å². The number of halogens is 1. The highest BCUT2D eigenvalue weighted by Crippen LogP contribution is 2.31. The number of rotatable bonds is 3. The summed E-state index contributed by atoms with van der Waals surface area (Å²) in [6, 6.07) is 9.98. The molecule has 3 rings (SSSR count). The molecule has 1 aliphatic heterocycles. The zero-order chi connectivity index (χ0) is 13.2. The van der Waals surface area contributed by atoms with Gasteiger partial charge in [0, 0.05) is 5.56 Å². The molecule has 1 fully saturated rings. The van der Waals surface area contributed by atoms with E-state index in [9.17, 15) is 0 Å². The first kappa shape index (κ1) is 13.0. The maximum absolute atomic E-state index is 9.11. The molecule has 6 heteroatoms. The molecule has 2 aromatic rings. The third-order valence-electron chi connectivity index (χ3n) is 3.25. The Labute approximate surface area is 124 Å². The second-order valence-corrected chi connectivity index (χ2v) is 5.53. The summed E-state index contributed by atoms with van der Waals surface area (Å²) in [6.45, 7) is 0.0628. The van der Waals surface area contributed by atoms with Gasteiger partial charge < -0.3 is 9.84 Å². The van der Waals surface area contributed by atoms with Gasteiger partial charge in [-0.2, -0.15) is 0 Å². The highest BCUT2D eigenvalue weighted by molar-refractivity contribution is 14.1. The highest BCUT2D eigenvalue weighted by atomic mass is 127. The van der Waals surface area contributed by atoms with Gasteiger partial charge in [0.05, 0.1) is 12.7 Å². The van der Waals surface area contributed by atoms with Crippen LogP contribution in [0.25, 0.3) is 11.3 Å². The molecule has 1 aromatic carbocycles. The third-order valence-corrected chi connectivity index (χ3v) is 4.25. The lowest BCUT2D eigenvalue weighted by molar-refractivity contribution is -0.0302. The molecule has 0 aliphatic carbocycles. The Kier molecular flexibility index (Phi) is 3.81. The van der Waals surface area contributed by atoms with Crippen molar-refractivity contribution >= 4 is 22.6 Å². The fourth-order valence-corrected chi connectivity index (χ4v) is 3.07. The minimum Gasteiger partial charge on any atom is -0.394 e. The second-order valence-electron chi connectivity index (χ2n) is 4.51. The molecule has 0 unspecified atom stereocenters. The molecule has 0 spiro atoms. The summed E-state index contributed by atoms with van der Waals surface area (Å²) in [5.74, 6) is 0. The lowest BCUT2D eigenvalue weighted by Crippen LogP contribution is -2.16. The van der Waals surface area contributed by atoms with Crippen LogP contribution >= 0.6 is 22.6 Å². The van der Waals surface area contributed by atoms with Crippen LogP contribution in [-0.4, -0.2) is 32.8 Å². The molecule has 0 radical (unpaired) electrons. The number of aliphatic hydroxyl groups excluding tert-OH is 1. The molecule has 100 valence electrons. The van der Waals surface area contributed by atoms with Crippen molar-refractivity contribution in [1.82, 2.24) is 15.0 Å². The van der Waals surface area contributed by atoms with Gasteiger partial charge in [0.15, 0.2) is 6.23 Å². The number of nitrogens with zero attached hydrogens (tertiary/aromatic N) is 3. The Morgan fingerprint density at radius 3 is 2.79 bits per heavy atom. The minimum atomic E-state index is -0.117. The second kappa shape index (κ2) is 5.56. The Morgan fingerprint density at radius 1 is 1.32 bits per heavy atom. The summed E-state index contributed by atoms with van der Waals surface area (Å²) in [6.07, 6.45) is 1.52. The highest BCUT2D eigenvalue weighted by Gasteiger charge is 2.29. The van der Waals surface area contributed by atoms with E-state index >= 15 is 0 Å². The van der Waals surface area contributed by atoms with Gasteiger partial charge in [0.2, 0.25) is 0 Å². The van der Waals surface area contributed by atoms with Crippen molar-refractivity contribution in [2.45, 2.75) is 25.2 Å². The zero-order valence-corrected chi connectivity index (χ0v) is 12.4. The summed E-state index contributed by atoms with van der Waals surface area (Å²) >= 11 is 2.24. The van der Waals surface area contributed by atoms with Crippen LogP contribution in [0.2, 0.25) is 0 Å². The molecule has 1 aliphatic rings.